The van der Waals surface area contributed by atoms with E-state index in [2.05, 4.69) is 0 Å². The van der Waals surface area contributed by atoms with Crippen molar-refractivity contribution >= 4 is 11.8 Å². The highest BCUT2D eigenvalue weighted by Gasteiger charge is 2.94. The number of carbonyl (C=O) groups excluding carboxylic acids is 2. The van der Waals surface area contributed by atoms with E-state index >= 15 is 0 Å². The highest BCUT2D eigenvalue weighted by Crippen LogP contribution is 2.76. The summed E-state index contributed by atoms with van der Waals surface area (Å²) in [6.07, 6.45) is 0.505. The van der Waals surface area contributed by atoms with Gasteiger partial charge >= 0.3 is 5.97 Å². The maximum absolute atomic E-state index is 13.4. The van der Waals surface area contributed by atoms with Crippen LogP contribution in [0, 0.1) is 17.3 Å². The number of ether oxygens (including phenoxy) is 1. The molecule has 6 atom stereocenters. The van der Waals surface area contributed by atoms with Gasteiger partial charge in [0.25, 0.3) is 0 Å². The molecule has 3 aliphatic carbocycles. The Hall–Kier alpha value is -1.24. The zero-order chi connectivity index (χ0) is 19.5. The molecule has 6 heteroatoms. The second-order valence-electron chi connectivity index (χ2n) is 9.38. The van der Waals surface area contributed by atoms with Crippen molar-refractivity contribution in [3.05, 3.63) is 11.1 Å². The molecule has 1 aliphatic heterocycles. The van der Waals surface area contributed by atoms with Crippen LogP contribution in [0.15, 0.2) is 11.1 Å². The highest BCUT2D eigenvalue weighted by atomic mass is 16.6. The van der Waals surface area contributed by atoms with Crippen LogP contribution in [0.3, 0.4) is 0 Å². The van der Waals surface area contributed by atoms with Gasteiger partial charge in [-0.05, 0) is 31.3 Å². The van der Waals surface area contributed by atoms with E-state index in [1.807, 2.05) is 13.8 Å². The van der Waals surface area contributed by atoms with Crippen LogP contribution in [-0.4, -0.2) is 49.5 Å². The zero-order valence-corrected chi connectivity index (χ0v) is 16.0. The molecule has 1 heterocycles. The van der Waals surface area contributed by atoms with E-state index < -0.39 is 45.5 Å². The number of hydrogen-bond acceptors (Lipinski definition) is 6. The fourth-order valence-corrected chi connectivity index (χ4v) is 6.63. The van der Waals surface area contributed by atoms with E-state index in [9.17, 15) is 24.9 Å². The van der Waals surface area contributed by atoms with Crippen LogP contribution in [0.1, 0.15) is 60.3 Å². The Balaban J connectivity index is 2.13. The minimum atomic E-state index is -2.16. The van der Waals surface area contributed by atoms with Gasteiger partial charge in [-0.3, -0.25) is 9.59 Å². The molecule has 0 radical (unpaired) electrons. The first kappa shape index (κ1) is 18.1. The Morgan fingerprint density at radius 1 is 1.12 bits per heavy atom. The summed E-state index contributed by atoms with van der Waals surface area (Å²) in [5, 5.41) is 35.7. The van der Waals surface area contributed by atoms with Crippen molar-refractivity contribution in [2.75, 3.05) is 0 Å². The molecule has 26 heavy (non-hydrogen) atoms. The number of hydrogen-bond donors (Lipinski definition) is 3. The number of aliphatic hydroxyl groups is 3. The molecule has 4 rings (SSSR count). The quantitative estimate of drug-likeness (QED) is 0.478. The summed E-state index contributed by atoms with van der Waals surface area (Å²) in [5.41, 5.74) is -7.99. The Kier molecular flexibility index (Phi) is 3.21. The van der Waals surface area contributed by atoms with Crippen LogP contribution in [0.5, 0.6) is 0 Å². The Bertz CT molecular complexity index is 770. The molecule has 2 saturated carbocycles. The lowest BCUT2D eigenvalue weighted by atomic mass is 9.56. The van der Waals surface area contributed by atoms with E-state index in [0.717, 1.165) is 5.57 Å². The van der Waals surface area contributed by atoms with Crippen molar-refractivity contribution in [3.63, 3.8) is 0 Å². The minimum absolute atomic E-state index is 0.0503. The largest absolute Gasteiger partial charge is 0.444 e. The SMILES string of the molecule is CC1=C(C(C)C)C[C@@]2(O)[C@@]3(C)CC(=O)O[C@@]4(C(=O)[C@H](C)CC[C@]34O)[C@@]12O. The number of esters is 1. The van der Waals surface area contributed by atoms with Gasteiger partial charge in [-0.1, -0.05) is 33.3 Å². The van der Waals surface area contributed by atoms with Gasteiger partial charge in [0.05, 0.1) is 6.42 Å². The van der Waals surface area contributed by atoms with E-state index in [4.69, 9.17) is 4.74 Å². The lowest BCUT2D eigenvalue weighted by Gasteiger charge is -2.56. The average molecular weight is 364 g/mol. The van der Waals surface area contributed by atoms with E-state index in [-0.39, 0.29) is 25.2 Å². The van der Waals surface area contributed by atoms with Gasteiger partial charge in [-0.15, -0.1) is 0 Å². The molecular weight excluding hydrogens is 336 g/mol. The normalized spacial score (nSPS) is 53.0. The molecule has 0 amide bonds. The molecule has 1 saturated heterocycles. The summed E-state index contributed by atoms with van der Waals surface area (Å²) in [6, 6.07) is 0. The Labute approximate surface area is 153 Å². The van der Waals surface area contributed by atoms with Gasteiger partial charge < -0.3 is 20.1 Å². The highest BCUT2D eigenvalue weighted by molar-refractivity contribution is 5.99. The van der Waals surface area contributed by atoms with Crippen molar-refractivity contribution in [2.24, 2.45) is 17.3 Å². The summed E-state index contributed by atoms with van der Waals surface area (Å²) in [5.74, 6) is -1.58. The summed E-state index contributed by atoms with van der Waals surface area (Å²) in [6.45, 7) is 8.96. The van der Waals surface area contributed by atoms with Gasteiger partial charge in [-0.25, -0.2) is 0 Å². The molecule has 0 unspecified atom stereocenters. The smallest absolute Gasteiger partial charge is 0.307 e. The van der Waals surface area contributed by atoms with E-state index in [1.54, 1.807) is 20.8 Å². The van der Waals surface area contributed by atoms with Gasteiger partial charge in [-0.2, -0.15) is 0 Å². The lowest BCUT2D eigenvalue weighted by Crippen LogP contribution is -2.76. The summed E-state index contributed by atoms with van der Waals surface area (Å²) in [7, 11) is 0. The molecule has 144 valence electrons. The average Bonchev–Trinajstić information content (AvgIpc) is 2.79. The second kappa shape index (κ2) is 4.59. The number of rotatable bonds is 1. The second-order valence-corrected chi connectivity index (χ2v) is 9.38. The third-order valence-corrected chi connectivity index (χ3v) is 8.18. The van der Waals surface area contributed by atoms with Crippen LogP contribution >= 0.6 is 0 Å². The van der Waals surface area contributed by atoms with Crippen molar-refractivity contribution in [3.8, 4) is 0 Å². The summed E-state index contributed by atoms with van der Waals surface area (Å²) >= 11 is 0. The topological polar surface area (TPSA) is 104 Å². The number of Topliss-reactive ketones (excluding diaryl/α,β-unsaturated/α-hetero) is 1. The summed E-state index contributed by atoms with van der Waals surface area (Å²) < 4.78 is 5.62. The van der Waals surface area contributed by atoms with Gasteiger partial charge in [0.1, 0.15) is 11.2 Å². The predicted molar refractivity (Wildman–Crippen MR) is 92.0 cm³/mol. The van der Waals surface area contributed by atoms with Crippen LogP contribution in [0.25, 0.3) is 0 Å². The van der Waals surface area contributed by atoms with Crippen LogP contribution in [-0.2, 0) is 14.3 Å². The molecule has 0 aromatic carbocycles. The molecule has 4 aliphatic rings. The number of fused-ring (bicyclic) bond motifs is 2. The zero-order valence-electron chi connectivity index (χ0n) is 16.0. The molecular formula is C20H28O6. The van der Waals surface area contributed by atoms with Crippen molar-refractivity contribution in [2.45, 2.75) is 82.7 Å². The summed E-state index contributed by atoms with van der Waals surface area (Å²) in [4.78, 5) is 25.9. The molecule has 3 fully saturated rings. The monoisotopic (exact) mass is 364 g/mol. The van der Waals surface area contributed by atoms with Crippen molar-refractivity contribution in [1.82, 2.24) is 0 Å². The first-order valence-corrected chi connectivity index (χ1v) is 9.47. The number of ketones is 1. The van der Waals surface area contributed by atoms with E-state index in [1.165, 1.54) is 0 Å². The maximum atomic E-state index is 13.4. The molecule has 3 N–H and O–H groups in total. The predicted octanol–water partition coefficient (Wildman–Crippen LogP) is 1.26. The van der Waals surface area contributed by atoms with Gasteiger partial charge in [0.2, 0.25) is 5.60 Å². The standard InChI is InChI=1S/C20H28O6/c1-10(2)13-8-18(24)16(5)9-14(21)26-20(19(18,25)12(13)4)15(22)11(3)6-7-17(16,20)23/h10-11,23-25H,6-9H2,1-5H3/t11-,16+,17+,18-,19-,20-/m1/s1. The Morgan fingerprint density at radius 2 is 1.73 bits per heavy atom. The lowest BCUT2D eigenvalue weighted by molar-refractivity contribution is -0.259. The minimum Gasteiger partial charge on any atom is -0.444 e. The maximum Gasteiger partial charge on any atom is 0.307 e. The molecule has 0 spiro atoms. The molecule has 0 aromatic rings. The molecule has 6 nitrogen and oxygen atoms in total. The fourth-order valence-electron chi connectivity index (χ4n) is 6.63. The molecule has 2 bridgehead atoms. The van der Waals surface area contributed by atoms with Crippen molar-refractivity contribution < 1.29 is 29.6 Å². The van der Waals surface area contributed by atoms with Gasteiger partial charge in [0.15, 0.2) is 11.4 Å². The van der Waals surface area contributed by atoms with Crippen molar-refractivity contribution in [1.29, 1.82) is 0 Å². The van der Waals surface area contributed by atoms with Gasteiger partial charge in [0, 0.05) is 17.8 Å². The van der Waals surface area contributed by atoms with Crippen LogP contribution in [0.2, 0.25) is 0 Å². The fraction of sp³-hybridized carbons (Fsp3) is 0.800. The molecule has 0 aromatic heterocycles. The van der Waals surface area contributed by atoms with Crippen LogP contribution < -0.4 is 0 Å². The first-order valence-electron chi connectivity index (χ1n) is 9.47. The third-order valence-electron chi connectivity index (χ3n) is 8.18. The van der Waals surface area contributed by atoms with E-state index in [0.29, 0.717) is 12.0 Å². The number of carbonyl (C=O) groups is 2. The Morgan fingerprint density at radius 3 is 2.31 bits per heavy atom. The van der Waals surface area contributed by atoms with Crippen LogP contribution in [0.4, 0.5) is 0 Å². The first-order chi connectivity index (χ1) is 11.8. The third kappa shape index (κ3) is 1.37.